The SMILES string of the molecule is O=[N+]([O-])c1ccc(F)cc1F.O=[N+]([O-])c1ccc(F)cc1NCc1ccccc1.[2H]CF. The van der Waals surface area contributed by atoms with Gasteiger partial charge < -0.3 is 5.32 Å². The maximum atomic E-state index is 13.1. The molecular formula is C20H17F4N3O4. The Morgan fingerprint density at radius 1 is 0.871 bits per heavy atom. The minimum absolute atomic E-state index is 0.132. The molecule has 0 radical (unpaired) electrons. The van der Waals surface area contributed by atoms with Crippen LogP contribution in [0.2, 0.25) is 0 Å². The predicted molar refractivity (Wildman–Crippen MR) is 107 cm³/mol. The van der Waals surface area contributed by atoms with Gasteiger partial charge in [0.15, 0.2) is 0 Å². The fourth-order valence-corrected chi connectivity index (χ4v) is 2.23. The van der Waals surface area contributed by atoms with Crippen LogP contribution in [0.1, 0.15) is 6.93 Å². The lowest BCUT2D eigenvalue weighted by atomic mass is 10.2. The van der Waals surface area contributed by atoms with Gasteiger partial charge in [-0.15, -0.1) is 0 Å². The maximum Gasteiger partial charge on any atom is 0.304 e. The van der Waals surface area contributed by atoms with E-state index >= 15 is 0 Å². The van der Waals surface area contributed by atoms with Gasteiger partial charge in [-0.25, -0.2) is 8.78 Å². The molecular weight excluding hydrogens is 422 g/mol. The van der Waals surface area contributed by atoms with Crippen LogP contribution in [0.4, 0.5) is 34.6 Å². The lowest BCUT2D eigenvalue weighted by Crippen LogP contribution is -2.03. The molecule has 0 spiro atoms. The van der Waals surface area contributed by atoms with Gasteiger partial charge in [0.05, 0.1) is 18.4 Å². The number of nitro benzene ring substituents is 2. The highest BCUT2D eigenvalue weighted by Crippen LogP contribution is 2.25. The van der Waals surface area contributed by atoms with Crippen molar-refractivity contribution in [3.05, 3.63) is 110 Å². The normalized spacial score (nSPS) is 9.87. The standard InChI is InChI=1S/C13H11FN2O2.C6H3F2NO2.CH3F/c14-11-6-7-13(16(17)18)12(8-11)15-9-10-4-2-1-3-5-10;7-4-1-2-6(9(10)11)5(8)3-4;1-2/h1-8,15H,9H2;1-3H;1H3/i;;1D. The number of alkyl halides is 1. The number of halogens is 4. The van der Waals surface area contributed by atoms with E-state index in [2.05, 4.69) is 5.32 Å². The number of rotatable bonds is 5. The second-order valence-electron chi connectivity index (χ2n) is 5.61. The molecule has 0 atom stereocenters. The van der Waals surface area contributed by atoms with E-state index in [-0.39, 0.29) is 11.4 Å². The van der Waals surface area contributed by atoms with Crippen molar-refractivity contribution in [3.63, 3.8) is 0 Å². The Balaban J connectivity index is 0.000000312. The molecule has 0 heterocycles. The number of nitrogens with one attached hydrogen (secondary N) is 1. The molecule has 164 valence electrons. The molecule has 0 saturated heterocycles. The molecule has 3 rings (SSSR count). The Labute approximate surface area is 175 Å². The van der Waals surface area contributed by atoms with Gasteiger partial charge in [-0.3, -0.25) is 24.6 Å². The molecule has 0 unspecified atom stereocenters. The molecule has 31 heavy (non-hydrogen) atoms. The van der Waals surface area contributed by atoms with Crippen molar-refractivity contribution < 1.29 is 28.8 Å². The summed E-state index contributed by atoms with van der Waals surface area (Å²) < 4.78 is 53.1. The zero-order chi connectivity index (χ0) is 24.1. The van der Waals surface area contributed by atoms with Gasteiger partial charge in [0, 0.05) is 30.8 Å². The van der Waals surface area contributed by atoms with Crippen LogP contribution in [0, 0.1) is 37.7 Å². The van der Waals surface area contributed by atoms with E-state index in [9.17, 15) is 37.8 Å². The van der Waals surface area contributed by atoms with Crippen LogP contribution in [0.5, 0.6) is 0 Å². The first-order valence-corrected chi connectivity index (χ1v) is 8.36. The zero-order valence-corrected chi connectivity index (χ0v) is 15.8. The highest BCUT2D eigenvalue weighted by atomic mass is 19.1. The molecule has 11 heteroatoms. The zero-order valence-electron chi connectivity index (χ0n) is 16.8. The fourth-order valence-electron chi connectivity index (χ4n) is 2.23. The maximum absolute atomic E-state index is 13.1. The highest BCUT2D eigenvalue weighted by Gasteiger charge is 2.14. The van der Waals surface area contributed by atoms with Crippen molar-refractivity contribution in [1.29, 1.82) is 0 Å². The van der Waals surface area contributed by atoms with E-state index < -0.39 is 40.1 Å². The molecule has 3 aromatic rings. The van der Waals surface area contributed by atoms with E-state index in [1.54, 1.807) is 0 Å². The van der Waals surface area contributed by atoms with Crippen LogP contribution in [0.25, 0.3) is 0 Å². The summed E-state index contributed by atoms with van der Waals surface area (Å²) >= 11 is 0. The van der Waals surface area contributed by atoms with E-state index in [0.717, 1.165) is 35.9 Å². The first-order chi connectivity index (χ1) is 15.2. The third kappa shape index (κ3) is 8.09. The number of benzene rings is 3. The van der Waals surface area contributed by atoms with Gasteiger partial charge in [0.2, 0.25) is 5.82 Å². The van der Waals surface area contributed by atoms with Gasteiger partial charge in [-0.1, -0.05) is 30.3 Å². The van der Waals surface area contributed by atoms with E-state index in [1.807, 2.05) is 30.3 Å². The molecule has 7 nitrogen and oxygen atoms in total. The first kappa shape index (κ1) is 23.3. The summed E-state index contributed by atoms with van der Waals surface area (Å²) in [6.45, 7) is 0.408. The van der Waals surface area contributed by atoms with E-state index in [0.29, 0.717) is 12.6 Å². The quantitative estimate of drug-likeness (QED) is 0.307. The second-order valence-corrected chi connectivity index (χ2v) is 5.61. The van der Waals surface area contributed by atoms with Crippen LogP contribution in [0.3, 0.4) is 0 Å². The Morgan fingerprint density at radius 3 is 1.90 bits per heavy atom. The van der Waals surface area contributed by atoms with Crippen molar-refractivity contribution in [2.45, 2.75) is 6.54 Å². The number of hydrogen-bond donors (Lipinski definition) is 1. The van der Waals surface area contributed by atoms with Gasteiger partial charge in [0.25, 0.3) is 5.69 Å². The summed E-state index contributed by atoms with van der Waals surface area (Å²) in [7, 11) is -1.00. The van der Waals surface area contributed by atoms with Crippen molar-refractivity contribution in [1.82, 2.24) is 0 Å². The highest BCUT2D eigenvalue weighted by molar-refractivity contribution is 5.61. The Bertz CT molecular complexity index is 1040. The van der Waals surface area contributed by atoms with Crippen LogP contribution < -0.4 is 5.32 Å². The fraction of sp³-hybridized carbons (Fsp3) is 0.100. The molecule has 0 aliphatic heterocycles. The number of anilines is 1. The summed E-state index contributed by atoms with van der Waals surface area (Å²) in [6, 6.07) is 14.8. The van der Waals surface area contributed by atoms with Crippen molar-refractivity contribution in [3.8, 4) is 0 Å². The molecule has 1 N–H and O–H groups in total. The summed E-state index contributed by atoms with van der Waals surface area (Å²) in [5.74, 6) is -2.49. The van der Waals surface area contributed by atoms with Crippen molar-refractivity contribution >= 4 is 17.1 Å². The minimum Gasteiger partial charge on any atom is -0.375 e. The topological polar surface area (TPSA) is 98.3 Å². The second kappa shape index (κ2) is 12.5. The smallest absolute Gasteiger partial charge is 0.304 e. The van der Waals surface area contributed by atoms with E-state index in [4.69, 9.17) is 1.37 Å². The Kier molecular flexibility index (Phi) is 9.40. The third-order valence-corrected chi connectivity index (χ3v) is 3.59. The van der Waals surface area contributed by atoms with Gasteiger partial charge in [-0.2, -0.15) is 4.39 Å². The number of hydrogen-bond acceptors (Lipinski definition) is 5. The van der Waals surface area contributed by atoms with Crippen LogP contribution >= 0.6 is 0 Å². The first-order valence-electron chi connectivity index (χ1n) is 9.06. The largest absolute Gasteiger partial charge is 0.375 e. The molecule has 0 aliphatic carbocycles. The summed E-state index contributed by atoms with van der Waals surface area (Å²) in [4.78, 5) is 19.3. The third-order valence-electron chi connectivity index (χ3n) is 3.59. The average Bonchev–Trinajstić information content (AvgIpc) is 2.73. The average molecular weight is 440 g/mol. The van der Waals surface area contributed by atoms with Crippen LogP contribution in [0.15, 0.2) is 66.7 Å². The molecule has 0 saturated carbocycles. The Hall–Kier alpha value is -4.02. The molecule has 0 amide bonds. The van der Waals surface area contributed by atoms with Gasteiger partial charge in [0.1, 0.15) is 17.3 Å². The molecule has 0 bridgehead atoms. The lowest BCUT2D eigenvalue weighted by Gasteiger charge is -2.07. The van der Waals surface area contributed by atoms with Crippen LogP contribution in [-0.4, -0.2) is 17.0 Å². The summed E-state index contributed by atoms with van der Waals surface area (Å²) in [5.41, 5.74) is 0.304. The monoisotopic (exact) mass is 440 g/mol. The lowest BCUT2D eigenvalue weighted by molar-refractivity contribution is -0.387. The van der Waals surface area contributed by atoms with Crippen LogP contribution in [-0.2, 0) is 6.54 Å². The predicted octanol–water partition coefficient (Wildman–Crippen LogP) is 5.80. The van der Waals surface area contributed by atoms with Crippen molar-refractivity contribution in [2.24, 2.45) is 0 Å². The van der Waals surface area contributed by atoms with Gasteiger partial charge in [-0.05, 0) is 17.7 Å². The van der Waals surface area contributed by atoms with Gasteiger partial charge >= 0.3 is 5.69 Å². The minimum atomic E-state index is -1.16. The summed E-state index contributed by atoms with van der Waals surface area (Å²) in [5, 5.41) is 23.6. The Morgan fingerprint density at radius 2 is 1.39 bits per heavy atom. The molecule has 0 fully saturated rings. The number of nitro groups is 2. The summed E-state index contributed by atoms with van der Waals surface area (Å²) in [6.07, 6.45) is 0. The van der Waals surface area contributed by atoms with Crippen molar-refractivity contribution in [2.75, 3.05) is 12.5 Å². The van der Waals surface area contributed by atoms with E-state index in [1.165, 1.54) is 0 Å². The molecule has 0 aromatic heterocycles. The molecule has 0 aliphatic rings. The number of nitrogens with zero attached hydrogens (tertiary/aromatic N) is 2. The molecule has 3 aromatic carbocycles.